The number of hydrogen-bond acceptors (Lipinski definition) is 2. The highest BCUT2D eigenvalue weighted by Gasteiger charge is 2.72. The Hall–Kier alpha value is -1.45. The van der Waals surface area contributed by atoms with Crippen LogP contribution in [0.3, 0.4) is 0 Å². The lowest BCUT2D eigenvalue weighted by Crippen LogP contribution is -2.52. The second kappa shape index (κ2) is 14.5. The van der Waals surface area contributed by atoms with Crippen molar-refractivity contribution in [1.82, 2.24) is 0 Å². The first-order chi connectivity index (χ1) is 12.4. The third kappa shape index (κ3) is 14.6. The van der Waals surface area contributed by atoms with Crippen molar-refractivity contribution in [3.8, 4) is 0 Å². The zero-order chi connectivity index (χ0) is 24.0. The molecule has 0 atom stereocenters. The minimum atomic E-state index is -6.28. The predicted molar refractivity (Wildman–Crippen MR) is 103 cm³/mol. The number of allylic oxidation sites excluding steroid dienone is 2. The normalized spacial score (nSPS) is 11.4. The SMILES string of the molecule is C=C.C=C(C)OC.C=C(C)O[Si](C)(C)CCC(F)(F)C(F)(F)C(F)(F)F.CC. The molecular formula is C18H33F7O2Si. The highest BCUT2D eigenvalue weighted by atomic mass is 28.4. The fourth-order valence-electron chi connectivity index (χ4n) is 1.35. The Morgan fingerprint density at radius 1 is 0.857 bits per heavy atom. The van der Waals surface area contributed by atoms with Gasteiger partial charge in [0.05, 0.1) is 18.6 Å². The second-order valence-corrected chi connectivity index (χ2v) is 9.97. The molecule has 0 spiro atoms. The smallest absolute Gasteiger partial charge is 0.459 e. The van der Waals surface area contributed by atoms with E-state index >= 15 is 0 Å². The van der Waals surface area contributed by atoms with E-state index in [1.54, 1.807) is 14.0 Å². The average molecular weight is 443 g/mol. The molecule has 0 aromatic heterocycles. The van der Waals surface area contributed by atoms with Gasteiger partial charge in [-0.2, -0.15) is 30.7 Å². The van der Waals surface area contributed by atoms with E-state index in [0.29, 0.717) is 0 Å². The predicted octanol–water partition coefficient (Wildman–Crippen LogP) is 7.96. The van der Waals surface area contributed by atoms with Crippen molar-refractivity contribution in [3.05, 3.63) is 37.8 Å². The highest BCUT2D eigenvalue weighted by Crippen LogP contribution is 2.49. The van der Waals surface area contributed by atoms with E-state index in [0.717, 1.165) is 5.76 Å². The van der Waals surface area contributed by atoms with Crippen molar-refractivity contribution < 1.29 is 39.9 Å². The topological polar surface area (TPSA) is 18.5 Å². The number of alkyl halides is 7. The molecule has 0 saturated heterocycles. The Morgan fingerprint density at radius 2 is 1.18 bits per heavy atom. The number of hydrogen-bond donors (Lipinski definition) is 0. The Balaban J connectivity index is -0.000000270. The third-order valence-corrected chi connectivity index (χ3v) is 5.01. The van der Waals surface area contributed by atoms with Crippen molar-refractivity contribution in [1.29, 1.82) is 0 Å². The van der Waals surface area contributed by atoms with E-state index < -0.39 is 38.8 Å². The Kier molecular flexibility index (Phi) is 17.7. The summed E-state index contributed by atoms with van der Waals surface area (Å²) in [6, 6.07) is -0.543. The molecule has 2 nitrogen and oxygen atoms in total. The van der Waals surface area contributed by atoms with E-state index in [-0.39, 0.29) is 5.76 Å². The molecule has 0 aromatic rings. The molecule has 10 heteroatoms. The van der Waals surface area contributed by atoms with Crippen molar-refractivity contribution in [3.63, 3.8) is 0 Å². The first-order valence-electron chi connectivity index (χ1n) is 8.26. The van der Waals surface area contributed by atoms with Gasteiger partial charge in [0, 0.05) is 6.42 Å². The lowest BCUT2D eigenvalue weighted by atomic mass is 10.1. The summed E-state index contributed by atoms with van der Waals surface area (Å²) in [5.41, 5.74) is 0. The van der Waals surface area contributed by atoms with Crippen molar-refractivity contribution in [2.75, 3.05) is 7.11 Å². The quantitative estimate of drug-likeness (QED) is 0.172. The lowest BCUT2D eigenvalue weighted by Gasteiger charge is -2.31. The van der Waals surface area contributed by atoms with Crippen LogP contribution in [0.2, 0.25) is 19.1 Å². The first kappa shape index (κ1) is 34.1. The molecule has 0 heterocycles. The van der Waals surface area contributed by atoms with Gasteiger partial charge in [-0.3, -0.25) is 0 Å². The Bertz CT molecular complexity index is 448. The van der Waals surface area contributed by atoms with Crippen LogP contribution in [0, 0.1) is 0 Å². The number of halogens is 7. The summed E-state index contributed by atoms with van der Waals surface area (Å²) >= 11 is 0. The Labute approximate surface area is 165 Å². The van der Waals surface area contributed by atoms with Crippen LogP contribution in [0.5, 0.6) is 0 Å². The Morgan fingerprint density at radius 3 is 1.39 bits per heavy atom. The minimum Gasteiger partial charge on any atom is -0.548 e. The van der Waals surface area contributed by atoms with Crippen LogP contribution < -0.4 is 0 Å². The molecule has 0 saturated carbocycles. The molecule has 0 amide bonds. The van der Waals surface area contributed by atoms with Crippen molar-refractivity contribution in [2.24, 2.45) is 0 Å². The van der Waals surface area contributed by atoms with Crippen LogP contribution in [0.4, 0.5) is 30.7 Å². The maximum atomic E-state index is 13.0. The first-order valence-corrected chi connectivity index (χ1v) is 11.4. The molecular weight excluding hydrogens is 409 g/mol. The van der Waals surface area contributed by atoms with Gasteiger partial charge in [-0.15, -0.1) is 13.2 Å². The summed E-state index contributed by atoms with van der Waals surface area (Å²) in [4.78, 5) is 0. The third-order valence-electron chi connectivity index (χ3n) is 2.66. The van der Waals surface area contributed by atoms with Gasteiger partial charge >= 0.3 is 18.0 Å². The van der Waals surface area contributed by atoms with Gasteiger partial charge in [0.2, 0.25) is 8.32 Å². The fraction of sp³-hybridized carbons (Fsp3) is 0.667. The van der Waals surface area contributed by atoms with Gasteiger partial charge in [0.1, 0.15) is 0 Å². The minimum absolute atomic E-state index is 0.211. The average Bonchev–Trinajstić information content (AvgIpc) is 2.55. The zero-order valence-corrected chi connectivity index (χ0v) is 18.7. The molecule has 0 aliphatic carbocycles. The summed E-state index contributed by atoms with van der Waals surface area (Å²) in [5.74, 6) is -10.2. The number of methoxy groups -OCH3 is 1. The standard InChI is InChI=1S/C10H15F7OSi.C4H8O.C2H6.C2H4/c1-7(2)18-19(3,4)6-5-8(11,12)9(13,14)10(15,16)17;1-4(2)5-3;2*1-2/h1,5-6H2,2-4H3;1H2,2-3H3;1-2H3;1-2H2. The van der Waals surface area contributed by atoms with Gasteiger partial charge in [0.25, 0.3) is 0 Å². The van der Waals surface area contributed by atoms with E-state index in [9.17, 15) is 30.7 Å². The maximum absolute atomic E-state index is 13.0. The molecule has 0 aliphatic rings. The van der Waals surface area contributed by atoms with Crippen LogP contribution in [-0.4, -0.2) is 33.4 Å². The molecule has 0 N–H and O–H groups in total. The fourth-order valence-corrected chi connectivity index (χ4v) is 3.31. The molecule has 0 unspecified atom stereocenters. The van der Waals surface area contributed by atoms with Crippen LogP contribution >= 0.6 is 0 Å². The molecule has 170 valence electrons. The molecule has 0 fully saturated rings. The van der Waals surface area contributed by atoms with Crippen LogP contribution in [-0.2, 0) is 9.16 Å². The lowest BCUT2D eigenvalue weighted by molar-refractivity contribution is -0.354. The summed E-state index contributed by atoms with van der Waals surface area (Å²) in [6.45, 7) is 22.9. The summed E-state index contributed by atoms with van der Waals surface area (Å²) in [6.07, 6.45) is -7.87. The molecule has 0 bridgehead atoms. The van der Waals surface area contributed by atoms with E-state index in [1.165, 1.54) is 20.0 Å². The van der Waals surface area contributed by atoms with Crippen LogP contribution in [0.25, 0.3) is 0 Å². The number of rotatable bonds is 7. The van der Waals surface area contributed by atoms with E-state index in [4.69, 9.17) is 4.43 Å². The molecule has 0 aromatic carbocycles. The zero-order valence-electron chi connectivity index (χ0n) is 17.7. The van der Waals surface area contributed by atoms with Gasteiger partial charge < -0.3 is 9.16 Å². The van der Waals surface area contributed by atoms with Gasteiger partial charge in [-0.05, 0) is 33.0 Å². The maximum Gasteiger partial charge on any atom is 0.459 e. The van der Waals surface area contributed by atoms with Crippen LogP contribution in [0.15, 0.2) is 37.8 Å². The van der Waals surface area contributed by atoms with Gasteiger partial charge in [-0.25, -0.2) is 0 Å². The van der Waals surface area contributed by atoms with Crippen molar-refractivity contribution >= 4 is 8.32 Å². The largest absolute Gasteiger partial charge is 0.548 e. The van der Waals surface area contributed by atoms with Gasteiger partial charge in [0.15, 0.2) is 0 Å². The molecule has 28 heavy (non-hydrogen) atoms. The molecule has 0 rings (SSSR count). The summed E-state index contributed by atoms with van der Waals surface area (Å²) in [7, 11) is -1.19. The monoisotopic (exact) mass is 442 g/mol. The summed E-state index contributed by atoms with van der Waals surface area (Å²) < 4.78 is 96.7. The number of ether oxygens (including phenoxy) is 1. The van der Waals surface area contributed by atoms with Crippen LogP contribution in [0.1, 0.15) is 34.1 Å². The second-order valence-electron chi connectivity index (χ2n) is 5.75. The van der Waals surface area contributed by atoms with Crippen molar-refractivity contribution in [2.45, 2.75) is 71.3 Å². The van der Waals surface area contributed by atoms with E-state index in [2.05, 4.69) is 31.1 Å². The van der Waals surface area contributed by atoms with Gasteiger partial charge in [-0.1, -0.05) is 27.0 Å². The van der Waals surface area contributed by atoms with E-state index in [1.807, 2.05) is 13.8 Å². The summed E-state index contributed by atoms with van der Waals surface area (Å²) in [5, 5.41) is 0. The highest BCUT2D eigenvalue weighted by molar-refractivity contribution is 6.71. The molecule has 0 radical (unpaired) electrons. The molecule has 0 aliphatic heterocycles.